The van der Waals surface area contributed by atoms with Crippen LogP contribution >= 0.6 is 15.9 Å². The lowest BCUT2D eigenvalue weighted by atomic mass is 10.1. The van der Waals surface area contributed by atoms with Crippen LogP contribution < -0.4 is 14.8 Å². The number of benzene rings is 1. The van der Waals surface area contributed by atoms with E-state index in [0.717, 1.165) is 34.5 Å². The van der Waals surface area contributed by atoms with Crippen LogP contribution in [0.2, 0.25) is 0 Å². The normalized spacial score (nSPS) is 10.1. The number of halogens is 1. The molecular weight excluding hydrogens is 258 g/mol. The highest BCUT2D eigenvalue weighted by Gasteiger charge is 2.10. The Morgan fingerprint density at radius 3 is 2.13 bits per heavy atom. The molecule has 1 rings (SSSR count). The second kappa shape index (κ2) is 5.98. The fourth-order valence-electron chi connectivity index (χ4n) is 1.45. The van der Waals surface area contributed by atoms with E-state index in [9.17, 15) is 0 Å². The van der Waals surface area contributed by atoms with Crippen molar-refractivity contribution in [3.63, 3.8) is 0 Å². The summed E-state index contributed by atoms with van der Waals surface area (Å²) >= 11 is 3.42. The summed E-state index contributed by atoms with van der Waals surface area (Å²) < 4.78 is 11.6. The summed E-state index contributed by atoms with van der Waals surface area (Å²) in [6, 6.07) is 3.90. The Kier molecular flexibility index (Phi) is 4.91. The van der Waals surface area contributed by atoms with Gasteiger partial charge in [-0.2, -0.15) is 0 Å². The van der Waals surface area contributed by atoms with E-state index in [2.05, 4.69) is 21.2 Å². The zero-order valence-electron chi connectivity index (χ0n) is 9.26. The minimum Gasteiger partial charge on any atom is -0.496 e. The quantitative estimate of drug-likeness (QED) is 0.893. The van der Waals surface area contributed by atoms with Crippen molar-refractivity contribution >= 4 is 15.9 Å². The second-order valence-electron chi connectivity index (χ2n) is 3.14. The van der Waals surface area contributed by atoms with Crippen LogP contribution in [-0.2, 0) is 6.42 Å². The Bertz CT molecular complexity index is 303. The van der Waals surface area contributed by atoms with E-state index >= 15 is 0 Å². The van der Waals surface area contributed by atoms with Crippen LogP contribution in [0.1, 0.15) is 5.56 Å². The predicted molar refractivity (Wildman–Crippen MR) is 64.9 cm³/mol. The summed E-state index contributed by atoms with van der Waals surface area (Å²) in [5.41, 5.74) is 1.09. The molecule has 1 aromatic carbocycles. The number of rotatable bonds is 5. The van der Waals surface area contributed by atoms with Gasteiger partial charge in [0.05, 0.1) is 14.2 Å². The first-order valence-electron chi connectivity index (χ1n) is 4.78. The van der Waals surface area contributed by atoms with E-state index in [1.807, 2.05) is 19.2 Å². The molecule has 0 aliphatic carbocycles. The van der Waals surface area contributed by atoms with Crippen molar-refractivity contribution < 1.29 is 9.47 Å². The number of hydrogen-bond acceptors (Lipinski definition) is 3. The van der Waals surface area contributed by atoms with Crippen LogP contribution in [0.25, 0.3) is 0 Å². The molecule has 15 heavy (non-hydrogen) atoms. The first kappa shape index (κ1) is 12.3. The van der Waals surface area contributed by atoms with Gasteiger partial charge in [-0.3, -0.25) is 0 Å². The Morgan fingerprint density at radius 1 is 1.20 bits per heavy atom. The third-order valence-corrected chi connectivity index (χ3v) is 2.66. The lowest BCUT2D eigenvalue weighted by Gasteiger charge is -2.13. The minimum absolute atomic E-state index is 0.858. The van der Waals surface area contributed by atoms with Crippen LogP contribution in [0.4, 0.5) is 0 Å². The number of likely N-dealkylation sites (N-methyl/N-ethyl adjacent to an activating group) is 1. The van der Waals surface area contributed by atoms with Gasteiger partial charge < -0.3 is 14.8 Å². The smallest absolute Gasteiger partial charge is 0.126 e. The van der Waals surface area contributed by atoms with Gasteiger partial charge in [-0.1, -0.05) is 15.9 Å². The molecule has 0 atom stereocenters. The second-order valence-corrected chi connectivity index (χ2v) is 4.06. The van der Waals surface area contributed by atoms with Gasteiger partial charge >= 0.3 is 0 Å². The molecule has 4 heteroatoms. The first-order valence-corrected chi connectivity index (χ1v) is 5.57. The van der Waals surface area contributed by atoms with E-state index in [0.29, 0.717) is 0 Å². The number of nitrogens with one attached hydrogen (secondary N) is 1. The number of hydrogen-bond donors (Lipinski definition) is 1. The van der Waals surface area contributed by atoms with Crippen molar-refractivity contribution in [1.29, 1.82) is 0 Å². The van der Waals surface area contributed by atoms with Gasteiger partial charge in [0.1, 0.15) is 11.5 Å². The molecule has 0 amide bonds. The van der Waals surface area contributed by atoms with Gasteiger partial charge in [0.2, 0.25) is 0 Å². The van der Waals surface area contributed by atoms with E-state index in [1.165, 1.54) is 0 Å². The van der Waals surface area contributed by atoms with E-state index in [1.54, 1.807) is 14.2 Å². The van der Waals surface area contributed by atoms with Gasteiger partial charge in [0.25, 0.3) is 0 Å². The average molecular weight is 274 g/mol. The monoisotopic (exact) mass is 273 g/mol. The molecule has 3 nitrogen and oxygen atoms in total. The highest BCUT2D eigenvalue weighted by Crippen LogP contribution is 2.32. The molecule has 1 aromatic rings. The van der Waals surface area contributed by atoms with Crippen LogP contribution in [0, 0.1) is 0 Å². The third-order valence-electron chi connectivity index (χ3n) is 2.20. The standard InChI is InChI=1S/C11H16BrNO2/c1-13-5-4-9-10(14-2)6-8(12)7-11(9)15-3/h6-7,13H,4-5H2,1-3H3. The molecule has 0 saturated heterocycles. The summed E-state index contributed by atoms with van der Waals surface area (Å²) in [7, 11) is 5.27. The van der Waals surface area contributed by atoms with Crippen molar-refractivity contribution in [3.05, 3.63) is 22.2 Å². The Morgan fingerprint density at radius 2 is 1.73 bits per heavy atom. The fraction of sp³-hybridized carbons (Fsp3) is 0.455. The lowest BCUT2D eigenvalue weighted by molar-refractivity contribution is 0.384. The largest absolute Gasteiger partial charge is 0.496 e. The zero-order valence-corrected chi connectivity index (χ0v) is 10.8. The molecule has 0 fully saturated rings. The summed E-state index contributed by atoms with van der Waals surface area (Å²) in [5, 5.41) is 3.11. The maximum absolute atomic E-state index is 5.33. The summed E-state index contributed by atoms with van der Waals surface area (Å²) in [6.07, 6.45) is 0.885. The number of ether oxygens (including phenoxy) is 2. The third kappa shape index (κ3) is 3.11. The maximum atomic E-state index is 5.33. The average Bonchev–Trinajstić information content (AvgIpc) is 2.26. The van der Waals surface area contributed by atoms with Gasteiger partial charge in [0, 0.05) is 10.0 Å². The zero-order chi connectivity index (χ0) is 11.3. The van der Waals surface area contributed by atoms with Crippen molar-refractivity contribution in [2.75, 3.05) is 27.8 Å². The lowest BCUT2D eigenvalue weighted by Crippen LogP contribution is -2.11. The fourth-order valence-corrected chi connectivity index (χ4v) is 1.86. The van der Waals surface area contributed by atoms with Crippen molar-refractivity contribution in [3.8, 4) is 11.5 Å². The molecule has 84 valence electrons. The summed E-state index contributed by atoms with van der Waals surface area (Å²) in [4.78, 5) is 0. The van der Waals surface area contributed by atoms with E-state index in [4.69, 9.17) is 9.47 Å². The first-order chi connectivity index (χ1) is 7.22. The van der Waals surface area contributed by atoms with Gasteiger partial charge in [-0.05, 0) is 32.1 Å². The van der Waals surface area contributed by atoms with E-state index < -0.39 is 0 Å². The molecule has 0 saturated carbocycles. The maximum Gasteiger partial charge on any atom is 0.126 e. The predicted octanol–water partition coefficient (Wildman–Crippen LogP) is 2.23. The number of methoxy groups -OCH3 is 2. The van der Waals surface area contributed by atoms with Crippen LogP contribution in [0.15, 0.2) is 16.6 Å². The minimum atomic E-state index is 0.858. The Balaban J connectivity index is 3.06. The molecule has 0 aliphatic rings. The summed E-state index contributed by atoms with van der Waals surface area (Å²) in [5.74, 6) is 1.72. The molecule has 0 radical (unpaired) electrons. The SMILES string of the molecule is CNCCc1c(OC)cc(Br)cc1OC. The van der Waals surface area contributed by atoms with E-state index in [-0.39, 0.29) is 0 Å². The summed E-state index contributed by atoms with van der Waals surface area (Å²) in [6.45, 7) is 0.897. The molecular formula is C11H16BrNO2. The van der Waals surface area contributed by atoms with Crippen LogP contribution in [0.5, 0.6) is 11.5 Å². The molecule has 0 bridgehead atoms. The molecule has 0 aromatic heterocycles. The van der Waals surface area contributed by atoms with Gasteiger partial charge in [-0.15, -0.1) is 0 Å². The highest BCUT2D eigenvalue weighted by molar-refractivity contribution is 9.10. The Hall–Kier alpha value is -0.740. The molecule has 0 aliphatic heterocycles. The Labute approximate surface area is 98.9 Å². The molecule has 0 spiro atoms. The van der Waals surface area contributed by atoms with Gasteiger partial charge in [-0.25, -0.2) is 0 Å². The molecule has 1 N–H and O–H groups in total. The van der Waals surface area contributed by atoms with Crippen molar-refractivity contribution in [2.45, 2.75) is 6.42 Å². The van der Waals surface area contributed by atoms with Gasteiger partial charge in [0.15, 0.2) is 0 Å². The molecule has 0 heterocycles. The van der Waals surface area contributed by atoms with Crippen molar-refractivity contribution in [1.82, 2.24) is 5.32 Å². The molecule has 0 unspecified atom stereocenters. The van der Waals surface area contributed by atoms with Crippen molar-refractivity contribution in [2.24, 2.45) is 0 Å². The topological polar surface area (TPSA) is 30.5 Å². The van der Waals surface area contributed by atoms with Crippen LogP contribution in [0.3, 0.4) is 0 Å². The highest BCUT2D eigenvalue weighted by atomic mass is 79.9. The van der Waals surface area contributed by atoms with Crippen LogP contribution in [-0.4, -0.2) is 27.8 Å².